The molecule has 0 saturated carbocycles. The van der Waals surface area contributed by atoms with Gasteiger partial charge in [0, 0.05) is 27.8 Å². The summed E-state index contributed by atoms with van der Waals surface area (Å²) < 4.78 is 39.9. The van der Waals surface area contributed by atoms with Crippen molar-refractivity contribution in [2.24, 2.45) is 5.73 Å². The van der Waals surface area contributed by atoms with Crippen molar-refractivity contribution >= 4 is 38.8 Å². The number of benzene rings is 2. The second kappa shape index (κ2) is 8.22. The molecule has 154 valence electrons. The van der Waals surface area contributed by atoms with Crippen LogP contribution in [-0.4, -0.2) is 16.5 Å². The zero-order chi connectivity index (χ0) is 21.3. The quantitative estimate of drug-likeness (QED) is 0.385. The number of nitrogens with zero attached hydrogens (tertiary/aromatic N) is 2. The molecule has 2 heterocycles. The maximum atomic E-state index is 12.9. The van der Waals surface area contributed by atoms with Crippen LogP contribution in [0, 0.1) is 0 Å². The summed E-state index contributed by atoms with van der Waals surface area (Å²) in [4.78, 5) is 9.35. The molecule has 4 rings (SSSR count). The van der Waals surface area contributed by atoms with Crippen LogP contribution >= 0.6 is 22.9 Å². The molecule has 0 unspecified atom stereocenters. The van der Waals surface area contributed by atoms with E-state index in [0.29, 0.717) is 23.6 Å². The minimum atomic E-state index is -4.50. The number of thiophene rings is 1. The summed E-state index contributed by atoms with van der Waals surface area (Å²) in [6.07, 6.45) is -3.16. The molecule has 0 fully saturated rings. The lowest BCUT2D eigenvalue weighted by atomic mass is 10.1. The third-order valence-corrected chi connectivity index (χ3v) is 6.11. The van der Waals surface area contributed by atoms with E-state index in [-0.39, 0.29) is 11.1 Å². The van der Waals surface area contributed by atoms with E-state index in [9.17, 15) is 13.2 Å². The van der Waals surface area contributed by atoms with E-state index in [1.165, 1.54) is 23.2 Å². The lowest BCUT2D eigenvalue weighted by Crippen LogP contribution is -2.20. The van der Waals surface area contributed by atoms with Crippen LogP contribution in [0.25, 0.3) is 21.3 Å². The predicted molar refractivity (Wildman–Crippen MR) is 115 cm³/mol. The molecule has 0 aliphatic heterocycles. The summed E-state index contributed by atoms with van der Waals surface area (Å²) in [6, 6.07) is 15.1. The Hall–Kier alpha value is -2.68. The normalized spacial score (nSPS) is 12.8. The summed E-state index contributed by atoms with van der Waals surface area (Å²) in [5.74, 6) is 0.521. The maximum absolute atomic E-state index is 12.9. The van der Waals surface area contributed by atoms with Gasteiger partial charge in [-0.1, -0.05) is 35.9 Å². The zero-order valence-electron chi connectivity index (χ0n) is 15.4. The third-order valence-electron chi connectivity index (χ3n) is 4.55. The Kier molecular flexibility index (Phi) is 5.64. The zero-order valence-corrected chi connectivity index (χ0v) is 17.0. The van der Waals surface area contributed by atoms with Crippen LogP contribution in [0.1, 0.15) is 16.5 Å². The lowest BCUT2D eigenvalue weighted by molar-refractivity contribution is -0.137. The first-order chi connectivity index (χ1) is 14.3. The summed E-state index contributed by atoms with van der Waals surface area (Å²) >= 11 is 7.45. The molecule has 1 atom stereocenters. The Morgan fingerprint density at radius 2 is 1.87 bits per heavy atom. The average Bonchev–Trinajstić information content (AvgIpc) is 3.15. The Morgan fingerprint density at radius 1 is 1.07 bits per heavy atom. The Bertz CT molecular complexity index is 1160. The van der Waals surface area contributed by atoms with Crippen molar-refractivity contribution in [2.75, 3.05) is 11.9 Å². The van der Waals surface area contributed by atoms with Crippen LogP contribution in [0.15, 0.2) is 60.9 Å². The molecule has 0 amide bonds. The highest BCUT2D eigenvalue weighted by molar-refractivity contribution is 7.19. The average molecular weight is 449 g/mol. The van der Waals surface area contributed by atoms with Gasteiger partial charge in [-0.15, -0.1) is 11.3 Å². The molecule has 0 spiro atoms. The number of halogens is 4. The van der Waals surface area contributed by atoms with E-state index in [4.69, 9.17) is 17.3 Å². The molecular weight excluding hydrogens is 433 g/mol. The van der Waals surface area contributed by atoms with Crippen LogP contribution in [-0.2, 0) is 6.18 Å². The van der Waals surface area contributed by atoms with Crippen molar-refractivity contribution in [3.8, 4) is 11.3 Å². The molecular formula is C21H16ClF3N4S. The van der Waals surface area contributed by atoms with E-state index in [2.05, 4.69) is 27.4 Å². The largest absolute Gasteiger partial charge is 0.417 e. The number of aromatic nitrogens is 2. The van der Waals surface area contributed by atoms with Gasteiger partial charge in [0.15, 0.2) is 0 Å². The number of nitrogens with two attached hydrogens (primary N) is 1. The van der Waals surface area contributed by atoms with E-state index in [0.717, 1.165) is 16.3 Å². The van der Waals surface area contributed by atoms with Gasteiger partial charge in [0.2, 0.25) is 0 Å². The first-order valence-electron chi connectivity index (χ1n) is 8.98. The van der Waals surface area contributed by atoms with Crippen molar-refractivity contribution in [3.63, 3.8) is 0 Å². The molecule has 4 nitrogen and oxygen atoms in total. The molecule has 0 saturated heterocycles. The Morgan fingerprint density at radius 3 is 2.60 bits per heavy atom. The number of fused-ring (bicyclic) bond motifs is 1. The number of anilines is 1. The van der Waals surface area contributed by atoms with Gasteiger partial charge in [-0.3, -0.25) is 0 Å². The van der Waals surface area contributed by atoms with Crippen LogP contribution in [0.5, 0.6) is 0 Å². The molecule has 2 aromatic heterocycles. The standard InChI is InChI=1S/C21H16ClF3N4S/c22-15-7-12(5-6-14(15)21(23,24)25)17-9-20(29-11-28-17)27-10-16(26)19-8-13-3-1-2-4-18(13)30-19/h1-9,11,16H,10,26H2,(H,27,28,29)/t16-/m0/s1. The highest BCUT2D eigenvalue weighted by atomic mass is 35.5. The van der Waals surface area contributed by atoms with Crippen LogP contribution in [0.2, 0.25) is 5.02 Å². The molecule has 0 radical (unpaired) electrons. The second-order valence-corrected chi connectivity index (χ2v) is 8.18. The highest BCUT2D eigenvalue weighted by Crippen LogP contribution is 2.36. The van der Waals surface area contributed by atoms with Crippen molar-refractivity contribution in [1.29, 1.82) is 0 Å². The number of rotatable bonds is 5. The van der Waals surface area contributed by atoms with Gasteiger partial charge in [-0.25, -0.2) is 9.97 Å². The minimum absolute atomic E-state index is 0.235. The number of alkyl halides is 3. The Balaban J connectivity index is 1.49. The molecule has 2 aromatic carbocycles. The minimum Gasteiger partial charge on any atom is -0.368 e. The molecule has 0 aliphatic carbocycles. The van der Waals surface area contributed by atoms with Crippen LogP contribution in [0.4, 0.5) is 19.0 Å². The second-order valence-electron chi connectivity index (χ2n) is 6.65. The van der Waals surface area contributed by atoms with Gasteiger partial charge in [-0.2, -0.15) is 13.2 Å². The number of hydrogen-bond acceptors (Lipinski definition) is 5. The first-order valence-corrected chi connectivity index (χ1v) is 10.2. The van der Waals surface area contributed by atoms with E-state index in [1.54, 1.807) is 17.4 Å². The smallest absolute Gasteiger partial charge is 0.368 e. The molecule has 30 heavy (non-hydrogen) atoms. The summed E-state index contributed by atoms with van der Waals surface area (Å²) in [7, 11) is 0. The number of hydrogen-bond donors (Lipinski definition) is 2. The SMILES string of the molecule is N[C@@H](CNc1cc(-c2ccc(C(F)(F)F)c(Cl)c2)ncn1)c1cc2ccccc2s1. The molecule has 9 heteroatoms. The van der Waals surface area contributed by atoms with Gasteiger partial charge in [-0.05, 0) is 29.7 Å². The number of nitrogens with one attached hydrogen (secondary N) is 1. The van der Waals surface area contributed by atoms with E-state index < -0.39 is 11.7 Å². The van der Waals surface area contributed by atoms with Crippen LogP contribution < -0.4 is 11.1 Å². The van der Waals surface area contributed by atoms with Gasteiger partial charge in [0.05, 0.1) is 22.3 Å². The monoisotopic (exact) mass is 448 g/mol. The molecule has 3 N–H and O–H groups in total. The van der Waals surface area contributed by atoms with Gasteiger partial charge >= 0.3 is 6.18 Å². The lowest BCUT2D eigenvalue weighted by Gasteiger charge is -2.13. The summed E-state index contributed by atoms with van der Waals surface area (Å²) in [5.41, 5.74) is 6.36. The fraction of sp³-hybridized carbons (Fsp3) is 0.143. The third kappa shape index (κ3) is 4.40. The van der Waals surface area contributed by atoms with Crippen molar-refractivity contribution in [1.82, 2.24) is 9.97 Å². The fourth-order valence-electron chi connectivity index (χ4n) is 3.02. The van der Waals surface area contributed by atoms with Crippen molar-refractivity contribution in [2.45, 2.75) is 12.2 Å². The predicted octanol–water partition coefficient (Wildman–Crippen LogP) is 6.14. The highest BCUT2D eigenvalue weighted by Gasteiger charge is 2.33. The summed E-state index contributed by atoms with van der Waals surface area (Å²) in [6.45, 7) is 0.442. The van der Waals surface area contributed by atoms with Crippen molar-refractivity contribution in [3.05, 3.63) is 76.4 Å². The Labute approximate surface area is 179 Å². The maximum Gasteiger partial charge on any atom is 0.417 e. The van der Waals surface area contributed by atoms with Gasteiger partial charge < -0.3 is 11.1 Å². The fourth-order valence-corrected chi connectivity index (χ4v) is 4.37. The topological polar surface area (TPSA) is 63.8 Å². The van der Waals surface area contributed by atoms with E-state index in [1.807, 2.05) is 18.2 Å². The summed E-state index contributed by atoms with van der Waals surface area (Å²) in [5, 5.41) is 3.94. The first kappa shape index (κ1) is 20.6. The van der Waals surface area contributed by atoms with Crippen LogP contribution in [0.3, 0.4) is 0 Å². The molecule has 0 aliphatic rings. The van der Waals surface area contributed by atoms with E-state index >= 15 is 0 Å². The van der Waals surface area contributed by atoms with Crippen molar-refractivity contribution < 1.29 is 13.2 Å². The van der Waals surface area contributed by atoms with Gasteiger partial charge in [0.25, 0.3) is 0 Å². The molecule has 0 bridgehead atoms. The van der Waals surface area contributed by atoms with Gasteiger partial charge in [0.1, 0.15) is 12.1 Å². The molecule has 4 aromatic rings.